The first kappa shape index (κ1) is 16.9. The second-order valence-corrected chi connectivity index (χ2v) is 7.51. The minimum absolute atomic E-state index is 0.0130. The third-order valence-corrected chi connectivity index (χ3v) is 5.82. The number of para-hydroxylation sites is 1. The van der Waals surface area contributed by atoms with Gasteiger partial charge in [0.1, 0.15) is 22.8 Å². The van der Waals surface area contributed by atoms with Crippen LogP contribution in [-0.4, -0.2) is 56.9 Å². The van der Waals surface area contributed by atoms with E-state index in [0.717, 1.165) is 40.5 Å². The van der Waals surface area contributed by atoms with Crippen molar-refractivity contribution in [1.29, 1.82) is 0 Å². The molecule has 1 aliphatic rings. The first-order valence-electron chi connectivity index (χ1n) is 9.12. The number of nitrogens with zero attached hydrogens (tertiary/aromatic N) is 5. The Morgan fingerprint density at radius 1 is 1.11 bits per heavy atom. The molecule has 5 rings (SSSR count). The molecule has 8 heteroatoms. The van der Waals surface area contributed by atoms with Crippen LogP contribution in [0.4, 0.5) is 5.82 Å². The minimum Gasteiger partial charge on any atom is -0.353 e. The molecule has 0 radical (unpaired) electrons. The van der Waals surface area contributed by atoms with Gasteiger partial charge >= 0.3 is 0 Å². The van der Waals surface area contributed by atoms with Gasteiger partial charge in [-0.2, -0.15) is 0 Å². The van der Waals surface area contributed by atoms with Gasteiger partial charge in [0.05, 0.1) is 5.69 Å². The van der Waals surface area contributed by atoms with Crippen molar-refractivity contribution in [2.24, 2.45) is 0 Å². The van der Waals surface area contributed by atoms with Crippen LogP contribution in [0.5, 0.6) is 0 Å². The molecule has 4 aromatic rings. The number of nitrogens with one attached hydrogen (secondary N) is 1. The van der Waals surface area contributed by atoms with Crippen molar-refractivity contribution in [1.82, 2.24) is 24.8 Å². The summed E-state index contributed by atoms with van der Waals surface area (Å²) in [6.07, 6.45) is 3.29. The van der Waals surface area contributed by atoms with Crippen LogP contribution < -0.4 is 4.90 Å². The Morgan fingerprint density at radius 3 is 2.75 bits per heavy atom. The van der Waals surface area contributed by atoms with Crippen molar-refractivity contribution < 1.29 is 4.79 Å². The van der Waals surface area contributed by atoms with Crippen molar-refractivity contribution in [3.63, 3.8) is 0 Å². The fraction of sp³-hybridized carbons (Fsp3) is 0.200. The molecule has 0 bridgehead atoms. The van der Waals surface area contributed by atoms with Gasteiger partial charge in [0.2, 0.25) is 0 Å². The van der Waals surface area contributed by atoms with Crippen LogP contribution >= 0.6 is 11.3 Å². The van der Waals surface area contributed by atoms with E-state index in [9.17, 15) is 4.79 Å². The summed E-state index contributed by atoms with van der Waals surface area (Å²) in [5.74, 6) is 0.887. The molecular formula is C20H18N6OS. The molecule has 0 atom stereocenters. The lowest BCUT2D eigenvalue weighted by atomic mass is 10.2. The normalized spacial score (nSPS) is 14.6. The predicted octanol–water partition coefficient (Wildman–Crippen LogP) is 3.04. The molecule has 1 saturated heterocycles. The first-order chi connectivity index (χ1) is 13.8. The molecule has 1 aromatic carbocycles. The summed E-state index contributed by atoms with van der Waals surface area (Å²) in [4.78, 5) is 33.1. The standard InChI is InChI=1S/C20H18N6OS/c27-20(26-9-7-25(8-10-26)18-5-6-21-13-22-18)17-12-28-19(24-17)16-11-14-3-1-2-4-15(14)23-16/h1-6,11-13,23H,7-10H2. The van der Waals surface area contributed by atoms with Crippen molar-refractivity contribution in [3.05, 3.63) is 60.0 Å². The molecule has 3 aromatic heterocycles. The highest BCUT2D eigenvalue weighted by Gasteiger charge is 2.24. The Morgan fingerprint density at radius 2 is 1.96 bits per heavy atom. The Bertz CT molecular complexity index is 1080. The number of amides is 1. The molecule has 28 heavy (non-hydrogen) atoms. The topological polar surface area (TPSA) is 78.0 Å². The second kappa shape index (κ2) is 7.05. The number of H-pyrrole nitrogens is 1. The van der Waals surface area contributed by atoms with Gasteiger partial charge in [0.15, 0.2) is 0 Å². The number of rotatable bonds is 3. The van der Waals surface area contributed by atoms with Gasteiger partial charge in [0.25, 0.3) is 5.91 Å². The summed E-state index contributed by atoms with van der Waals surface area (Å²) in [6, 6.07) is 12.1. The fourth-order valence-corrected chi connectivity index (χ4v) is 4.22. The highest BCUT2D eigenvalue weighted by Crippen LogP contribution is 2.27. The van der Waals surface area contributed by atoms with Gasteiger partial charge in [-0.3, -0.25) is 4.79 Å². The summed E-state index contributed by atoms with van der Waals surface area (Å²) in [5, 5.41) is 3.82. The summed E-state index contributed by atoms with van der Waals surface area (Å²) in [6.45, 7) is 2.81. The summed E-state index contributed by atoms with van der Waals surface area (Å²) in [5.41, 5.74) is 2.52. The lowest BCUT2D eigenvalue weighted by molar-refractivity contribution is 0.0741. The van der Waals surface area contributed by atoms with Gasteiger partial charge < -0.3 is 14.8 Å². The molecule has 4 heterocycles. The van der Waals surface area contributed by atoms with Crippen molar-refractivity contribution in [2.75, 3.05) is 31.1 Å². The number of carbonyl (C=O) groups is 1. The van der Waals surface area contributed by atoms with Crippen LogP contribution in [0.1, 0.15) is 10.5 Å². The third kappa shape index (κ3) is 3.11. The van der Waals surface area contributed by atoms with Crippen LogP contribution in [0, 0.1) is 0 Å². The molecule has 1 fully saturated rings. The number of aromatic amines is 1. The average molecular weight is 390 g/mol. The largest absolute Gasteiger partial charge is 0.353 e. The maximum atomic E-state index is 12.9. The van der Waals surface area contributed by atoms with Crippen LogP contribution in [0.15, 0.2) is 54.3 Å². The summed E-state index contributed by atoms with van der Waals surface area (Å²) in [7, 11) is 0. The van der Waals surface area contributed by atoms with E-state index < -0.39 is 0 Å². The number of thiazole rings is 1. The smallest absolute Gasteiger partial charge is 0.273 e. The Labute approximate surface area is 165 Å². The van der Waals surface area contributed by atoms with E-state index in [1.54, 1.807) is 12.5 Å². The van der Waals surface area contributed by atoms with E-state index in [4.69, 9.17) is 0 Å². The molecule has 0 aliphatic carbocycles. The van der Waals surface area contributed by atoms with Crippen molar-refractivity contribution in [2.45, 2.75) is 0 Å². The highest BCUT2D eigenvalue weighted by molar-refractivity contribution is 7.13. The van der Waals surface area contributed by atoms with Crippen molar-refractivity contribution >= 4 is 34.0 Å². The fourth-order valence-electron chi connectivity index (χ4n) is 3.46. The zero-order chi connectivity index (χ0) is 18.9. The number of anilines is 1. The quantitative estimate of drug-likeness (QED) is 0.582. The summed E-state index contributed by atoms with van der Waals surface area (Å²) < 4.78 is 0. The first-order valence-corrected chi connectivity index (χ1v) is 10.00. The zero-order valence-corrected chi connectivity index (χ0v) is 15.9. The minimum atomic E-state index is -0.0130. The zero-order valence-electron chi connectivity index (χ0n) is 15.1. The lowest BCUT2D eigenvalue weighted by Crippen LogP contribution is -2.49. The number of hydrogen-bond acceptors (Lipinski definition) is 6. The Hall–Kier alpha value is -3.26. The average Bonchev–Trinajstić information content (AvgIpc) is 3.41. The molecule has 0 unspecified atom stereocenters. The Balaban J connectivity index is 1.29. The molecule has 140 valence electrons. The molecule has 1 amide bonds. The van der Waals surface area contributed by atoms with Gasteiger partial charge in [0, 0.05) is 48.7 Å². The van der Waals surface area contributed by atoms with Gasteiger partial charge in [-0.15, -0.1) is 11.3 Å². The predicted molar refractivity (Wildman–Crippen MR) is 110 cm³/mol. The third-order valence-electron chi connectivity index (χ3n) is 4.94. The van der Waals surface area contributed by atoms with E-state index in [2.05, 4.69) is 37.0 Å². The maximum Gasteiger partial charge on any atom is 0.273 e. The van der Waals surface area contributed by atoms with Gasteiger partial charge in [-0.1, -0.05) is 18.2 Å². The number of carbonyl (C=O) groups excluding carboxylic acids is 1. The SMILES string of the molecule is O=C(c1csc(-c2cc3ccccc3[nH]2)n1)N1CCN(c2ccncn2)CC1. The van der Waals surface area contributed by atoms with Crippen LogP contribution in [-0.2, 0) is 0 Å². The Kier molecular flexibility index (Phi) is 4.25. The van der Waals surface area contributed by atoms with E-state index in [1.165, 1.54) is 11.3 Å². The second-order valence-electron chi connectivity index (χ2n) is 6.65. The number of piperazine rings is 1. The van der Waals surface area contributed by atoms with Crippen LogP contribution in [0.2, 0.25) is 0 Å². The van der Waals surface area contributed by atoms with E-state index in [-0.39, 0.29) is 5.91 Å². The van der Waals surface area contributed by atoms with Gasteiger partial charge in [-0.25, -0.2) is 15.0 Å². The maximum absolute atomic E-state index is 12.9. The molecule has 0 spiro atoms. The molecular weight excluding hydrogens is 372 g/mol. The number of aromatic nitrogens is 4. The summed E-state index contributed by atoms with van der Waals surface area (Å²) >= 11 is 1.49. The number of hydrogen-bond donors (Lipinski definition) is 1. The lowest BCUT2D eigenvalue weighted by Gasteiger charge is -2.35. The van der Waals surface area contributed by atoms with E-state index in [0.29, 0.717) is 18.8 Å². The van der Waals surface area contributed by atoms with Crippen LogP contribution in [0.25, 0.3) is 21.6 Å². The monoisotopic (exact) mass is 390 g/mol. The number of fused-ring (bicyclic) bond motifs is 1. The molecule has 7 nitrogen and oxygen atoms in total. The van der Waals surface area contributed by atoms with Crippen molar-refractivity contribution in [3.8, 4) is 10.7 Å². The molecule has 1 N–H and O–H groups in total. The highest BCUT2D eigenvalue weighted by atomic mass is 32.1. The van der Waals surface area contributed by atoms with Crippen LogP contribution in [0.3, 0.4) is 0 Å². The van der Waals surface area contributed by atoms with Gasteiger partial charge in [-0.05, 0) is 18.2 Å². The van der Waals surface area contributed by atoms with E-state index in [1.807, 2.05) is 34.5 Å². The molecule has 1 aliphatic heterocycles. The van der Waals surface area contributed by atoms with E-state index >= 15 is 0 Å². The molecule has 0 saturated carbocycles. The number of benzene rings is 1.